The van der Waals surface area contributed by atoms with Crippen molar-refractivity contribution < 1.29 is 0 Å². The van der Waals surface area contributed by atoms with Crippen molar-refractivity contribution >= 4 is 49.6 Å². The zero-order valence-electron chi connectivity index (χ0n) is 35.0. The number of nitrogens with zero attached hydrogens (tertiary/aromatic N) is 2. The summed E-state index contributed by atoms with van der Waals surface area (Å²) in [4.78, 5) is 2.63. The zero-order valence-corrected chi connectivity index (χ0v) is 35.0. The van der Waals surface area contributed by atoms with Crippen molar-refractivity contribution in [2.24, 2.45) is 5.92 Å². The van der Waals surface area contributed by atoms with E-state index in [9.17, 15) is 0 Å². The van der Waals surface area contributed by atoms with Crippen molar-refractivity contribution in [3.63, 3.8) is 0 Å². The summed E-state index contributed by atoms with van der Waals surface area (Å²) in [5.74, 6) is 0.466. The molecule has 59 heavy (non-hydrogen) atoms. The topological polar surface area (TPSA) is 8.17 Å². The quantitative estimate of drug-likeness (QED) is 0.174. The molecule has 9 aromatic rings. The molecule has 1 aliphatic carbocycles. The monoisotopic (exact) mass is 762 g/mol. The first-order valence-electron chi connectivity index (χ1n) is 21.5. The third-order valence-electron chi connectivity index (χ3n) is 13.8. The second-order valence-corrected chi connectivity index (χ2v) is 17.8. The average Bonchev–Trinajstić information content (AvgIpc) is 3.68. The molecular formula is C57H50N2. The highest BCUT2D eigenvalue weighted by atomic mass is 15.2. The second-order valence-electron chi connectivity index (χ2n) is 17.8. The van der Waals surface area contributed by atoms with Crippen molar-refractivity contribution in [1.82, 2.24) is 4.57 Å². The largest absolute Gasteiger partial charge is 0.338 e. The van der Waals surface area contributed by atoms with Crippen LogP contribution in [0.4, 0.5) is 17.1 Å². The van der Waals surface area contributed by atoms with Gasteiger partial charge in [0.15, 0.2) is 0 Å². The first-order chi connectivity index (χ1) is 28.7. The summed E-state index contributed by atoms with van der Waals surface area (Å²) in [6.07, 6.45) is 2.13. The number of benzene rings is 8. The average molecular weight is 763 g/mol. The predicted octanol–water partition coefficient (Wildman–Crippen LogP) is 15.6. The van der Waals surface area contributed by atoms with E-state index in [0.717, 1.165) is 19.4 Å². The molecule has 0 saturated carbocycles. The molecule has 1 atom stereocenters. The van der Waals surface area contributed by atoms with Crippen LogP contribution in [0.15, 0.2) is 152 Å². The van der Waals surface area contributed by atoms with Crippen molar-refractivity contribution in [3.8, 4) is 33.4 Å². The SMILES string of the molecule is CCC1Cc2ccccc2-c2cccc(c2C)N(c2cc3c(c4ccccc24)-c2ccc(-c4cc(C)cc(C)c4)cc2C3(C)C)c2cccc3c4ccccc4n(c23)C1. The summed E-state index contributed by atoms with van der Waals surface area (Å²) in [5.41, 5.74) is 22.0. The highest BCUT2D eigenvalue weighted by molar-refractivity contribution is 6.16. The van der Waals surface area contributed by atoms with Crippen LogP contribution in [0.3, 0.4) is 0 Å². The van der Waals surface area contributed by atoms with Gasteiger partial charge in [0, 0.05) is 39.3 Å². The van der Waals surface area contributed by atoms with E-state index >= 15 is 0 Å². The van der Waals surface area contributed by atoms with Crippen LogP contribution < -0.4 is 4.90 Å². The Labute approximate surface area is 348 Å². The summed E-state index contributed by atoms with van der Waals surface area (Å²) in [6, 6.07) is 58.0. The molecule has 1 aromatic heterocycles. The molecule has 2 bridgehead atoms. The van der Waals surface area contributed by atoms with E-state index in [1.165, 1.54) is 116 Å². The Kier molecular flexibility index (Phi) is 8.08. The van der Waals surface area contributed by atoms with Crippen LogP contribution in [0.5, 0.6) is 0 Å². The van der Waals surface area contributed by atoms with Gasteiger partial charge in [0.25, 0.3) is 0 Å². The molecule has 1 aliphatic heterocycles. The van der Waals surface area contributed by atoms with Crippen LogP contribution in [0.1, 0.15) is 60.6 Å². The van der Waals surface area contributed by atoms with Crippen LogP contribution in [-0.2, 0) is 18.4 Å². The molecule has 2 heteroatoms. The smallest absolute Gasteiger partial charge is 0.0736 e. The second kappa shape index (κ2) is 13.3. The van der Waals surface area contributed by atoms with Crippen LogP contribution in [0.25, 0.3) is 66.0 Å². The van der Waals surface area contributed by atoms with Crippen molar-refractivity contribution in [1.29, 1.82) is 0 Å². The number of fused-ring (bicyclic) bond motifs is 12. The van der Waals surface area contributed by atoms with Gasteiger partial charge in [0.05, 0.1) is 16.9 Å². The first kappa shape index (κ1) is 35.8. The Morgan fingerprint density at radius 3 is 2.03 bits per heavy atom. The van der Waals surface area contributed by atoms with Crippen molar-refractivity contribution in [2.75, 3.05) is 4.90 Å². The molecule has 0 spiro atoms. The van der Waals surface area contributed by atoms with Gasteiger partial charge in [-0.2, -0.15) is 0 Å². The lowest BCUT2D eigenvalue weighted by atomic mass is 9.80. The van der Waals surface area contributed by atoms with Crippen LogP contribution >= 0.6 is 0 Å². The molecule has 0 fully saturated rings. The van der Waals surface area contributed by atoms with E-state index in [2.05, 4.69) is 203 Å². The Morgan fingerprint density at radius 2 is 1.22 bits per heavy atom. The molecule has 1 unspecified atom stereocenters. The third kappa shape index (κ3) is 5.39. The highest BCUT2D eigenvalue weighted by Crippen LogP contribution is 2.56. The Hall–Kier alpha value is -6.38. The normalized spacial score (nSPS) is 15.5. The predicted molar refractivity (Wildman–Crippen MR) is 252 cm³/mol. The lowest BCUT2D eigenvalue weighted by molar-refractivity contribution is 0.442. The number of hydrogen-bond donors (Lipinski definition) is 0. The van der Waals surface area contributed by atoms with Crippen LogP contribution in [0, 0.1) is 26.7 Å². The van der Waals surface area contributed by atoms with Crippen molar-refractivity contribution in [3.05, 3.63) is 185 Å². The minimum atomic E-state index is -0.226. The molecule has 2 aliphatic rings. The molecule has 0 saturated heterocycles. The fourth-order valence-electron chi connectivity index (χ4n) is 10.9. The third-order valence-corrected chi connectivity index (χ3v) is 13.8. The molecule has 288 valence electrons. The Bertz CT molecular complexity index is 3150. The van der Waals surface area contributed by atoms with Gasteiger partial charge in [0.2, 0.25) is 0 Å². The number of hydrogen-bond acceptors (Lipinski definition) is 1. The minimum absolute atomic E-state index is 0.226. The Balaban J connectivity index is 1.24. The summed E-state index contributed by atoms with van der Waals surface area (Å²) in [7, 11) is 0. The number of rotatable bonds is 3. The summed E-state index contributed by atoms with van der Waals surface area (Å²) in [5, 5.41) is 5.18. The van der Waals surface area contributed by atoms with E-state index in [-0.39, 0.29) is 5.41 Å². The molecule has 8 aromatic carbocycles. The fraction of sp³-hybridized carbons (Fsp3) is 0.193. The minimum Gasteiger partial charge on any atom is -0.338 e. The summed E-state index contributed by atoms with van der Waals surface area (Å²) in [6.45, 7) is 14.9. The molecule has 11 rings (SSSR count). The van der Waals surface area contributed by atoms with Gasteiger partial charge < -0.3 is 9.47 Å². The van der Waals surface area contributed by atoms with Crippen LogP contribution in [0.2, 0.25) is 0 Å². The Morgan fingerprint density at radius 1 is 0.542 bits per heavy atom. The van der Waals surface area contributed by atoms with E-state index in [4.69, 9.17) is 0 Å². The van der Waals surface area contributed by atoms with Gasteiger partial charge in [-0.15, -0.1) is 0 Å². The highest BCUT2D eigenvalue weighted by Gasteiger charge is 2.39. The van der Waals surface area contributed by atoms with Gasteiger partial charge >= 0.3 is 0 Å². The maximum atomic E-state index is 2.66. The number of para-hydroxylation sites is 2. The zero-order chi connectivity index (χ0) is 40.2. The van der Waals surface area contributed by atoms with Gasteiger partial charge in [-0.05, 0) is 124 Å². The number of aromatic nitrogens is 1. The molecular weight excluding hydrogens is 713 g/mol. The maximum Gasteiger partial charge on any atom is 0.0736 e. The first-order valence-corrected chi connectivity index (χ1v) is 21.5. The van der Waals surface area contributed by atoms with E-state index in [0.29, 0.717) is 5.92 Å². The van der Waals surface area contributed by atoms with Crippen LogP contribution in [-0.4, -0.2) is 4.57 Å². The van der Waals surface area contributed by atoms with Crippen molar-refractivity contribution in [2.45, 2.75) is 66.3 Å². The lowest BCUT2D eigenvalue weighted by Gasteiger charge is -2.33. The maximum absolute atomic E-state index is 2.66. The standard InChI is InChI=1S/C57H50N2/c1-7-38-31-40-16-8-9-17-43(40)42-21-14-24-51(37(42)4)59(53-25-15-22-47-45-19-12-13-23-52(45)58(34-38)56(47)53)54-33-50-55(46-20-11-10-18-44(46)54)48-27-26-39(32-49(48)57(50,5)6)41-29-35(2)28-36(3)30-41/h8-30,32-33,38H,7,31,34H2,1-6H3. The lowest BCUT2D eigenvalue weighted by Crippen LogP contribution is -2.19. The summed E-state index contributed by atoms with van der Waals surface area (Å²) >= 11 is 0. The van der Waals surface area contributed by atoms with Gasteiger partial charge in [0.1, 0.15) is 0 Å². The van der Waals surface area contributed by atoms with Gasteiger partial charge in [-0.3, -0.25) is 0 Å². The van der Waals surface area contributed by atoms with E-state index in [1.54, 1.807) is 0 Å². The molecule has 0 amide bonds. The molecule has 0 radical (unpaired) electrons. The summed E-state index contributed by atoms with van der Waals surface area (Å²) < 4.78 is 2.66. The fourth-order valence-corrected chi connectivity index (χ4v) is 10.9. The molecule has 2 heterocycles. The van der Waals surface area contributed by atoms with E-state index in [1.807, 2.05) is 0 Å². The number of anilines is 3. The molecule has 2 nitrogen and oxygen atoms in total. The molecule has 0 N–H and O–H groups in total. The van der Waals surface area contributed by atoms with Gasteiger partial charge in [-0.1, -0.05) is 160 Å². The number of aryl methyl sites for hydroxylation is 2. The van der Waals surface area contributed by atoms with E-state index < -0.39 is 0 Å². The van der Waals surface area contributed by atoms with Gasteiger partial charge in [-0.25, -0.2) is 0 Å².